The third-order valence-corrected chi connectivity index (χ3v) is 2.51. The first-order valence-electron chi connectivity index (χ1n) is 4.83. The second kappa shape index (κ2) is 4.73. The summed E-state index contributed by atoms with van der Waals surface area (Å²) in [5.41, 5.74) is 5.90. The largest absolute Gasteiger partial charge is 0.326 e. The van der Waals surface area contributed by atoms with Gasteiger partial charge in [0.05, 0.1) is 0 Å². The molecule has 2 heteroatoms. The zero-order chi connectivity index (χ0) is 8.10. The Morgan fingerprint density at radius 3 is 2.82 bits per heavy atom. The zero-order valence-electron chi connectivity index (χ0n) is 7.47. The molecule has 3 N–H and O–H groups in total. The Balaban J connectivity index is 2.05. The maximum Gasteiger partial charge on any atom is 0.0219 e. The molecule has 0 aromatic heterocycles. The molecule has 0 radical (unpaired) electrons. The number of nitrogens with one attached hydrogen (secondary N) is 1. The van der Waals surface area contributed by atoms with Crippen molar-refractivity contribution in [3.05, 3.63) is 0 Å². The average Bonchev–Trinajstić information content (AvgIpc) is 2.37. The van der Waals surface area contributed by atoms with Crippen LogP contribution in [0.15, 0.2) is 0 Å². The smallest absolute Gasteiger partial charge is 0.0219 e. The van der Waals surface area contributed by atoms with Crippen LogP contribution in [0.1, 0.15) is 39.0 Å². The van der Waals surface area contributed by atoms with Crippen LogP contribution in [0.25, 0.3) is 0 Å². The molecule has 1 saturated carbocycles. The lowest BCUT2D eigenvalue weighted by atomic mass is 10.2. The van der Waals surface area contributed by atoms with Crippen LogP contribution in [0.4, 0.5) is 0 Å². The van der Waals surface area contributed by atoms with E-state index in [-0.39, 0.29) is 0 Å². The predicted octanol–water partition coefficient (Wildman–Crippen LogP) is 1.26. The number of rotatable bonds is 4. The maximum atomic E-state index is 5.90. The van der Waals surface area contributed by atoms with Crippen molar-refractivity contribution in [1.29, 1.82) is 0 Å². The monoisotopic (exact) mass is 156 g/mol. The van der Waals surface area contributed by atoms with Gasteiger partial charge in [0.15, 0.2) is 0 Å². The third-order valence-electron chi connectivity index (χ3n) is 2.51. The Morgan fingerprint density at radius 2 is 2.27 bits per heavy atom. The van der Waals surface area contributed by atoms with Crippen LogP contribution in [0.2, 0.25) is 0 Å². The van der Waals surface area contributed by atoms with E-state index in [1.54, 1.807) is 0 Å². The lowest BCUT2D eigenvalue weighted by Gasteiger charge is -2.16. The van der Waals surface area contributed by atoms with E-state index in [9.17, 15) is 0 Å². The second-order valence-corrected chi connectivity index (χ2v) is 3.51. The topological polar surface area (TPSA) is 38.0 Å². The molecule has 2 atom stereocenters. The lowest BCUT2D eigenvalue weighted by Crippen LogP contribution is -2.41. The highest BCUT2D eigenvalue weighted by Crippen LogP contribution is 2.16. The van der Waals surface area contributed by atoms with Gasteiger partial charge < -0.3 is 11.1 Å². The molecule has 1 rings (SSSR count). The van der Waals surface area contributed by atoms with Crippen LogP contribution in [0.5, 0.6) is 0 Å². The van der Waals surface area contributed by atoms with E-state index in [1.165, 1.54) is 32.1 Å². The van der Waals surface area contributed by atoms with Gasteiger partial charge in [-0.1, -0.05) is 19.8 Å². The van der Waals surface area contributed by atoms with Crippen molar-refractivity contribution in [3.8, 4) is 0 Å². The molecule has 1 fully saturated rings. The van der Waals surface area contributed by atoms with Gasteiger partial charge >= 0.3 is 0 Å². The molecule has 0 unspecified atom stereocenters. The van der Waals surface area contributed by atoms with Crippen molar-refractivity contribution >= 4 is 0 Å². The molecule has 1 aliphatic rings. The molecule has 0 aromatic rings. The van der Waals surface area contributed by atoms with Gasteiger partial charge in [0.2, 0.25) is 0 Å². The molecule has 0 aliphatic heterocycles. The van der Waals surface area contributed by atoms with Crippen molar-refractivity contribution < 1.29 is 0 Å². The fourth-order valence-electron chi connectivity index (χ4n) is 1.71. The number of nitrogens with two attached hydrogens (primary N) is 1. The van der Waals surface area contributed by atoms with E-state index in [0.29, 0.717) is 12.1 Å². The minimum absolute atomic E-state index is 0.423. The van der Waals surface area contributed by atoms with Crippen LogP contribution in [-0.2, 0) is 0 Å². The number of hydrogen-bond donors (Lipinski definition) is 2. The Kier molecular flexibility index (Phi) is 3.87. The fraction of sp³-hybridized carbons (Fsp3) is 1.00. The van der Waals surface area contributed by atoms with E-state index in [1.807, 2.05) is 0 Å². The van der Waals surface area contributed by atoms with E-state index in [4.69, 9.17) is 5.73 Å². The summed E-state index contributed by atoms with van der Waals surface area (Å²) in [5.74, 6) is 0. The summed E-state index contributed by atoms with van der Waals surface area (Å²) in [4.78, 5) is 0. The van der Waals surface area contributed by atoms with Crippen LogP contribution in [-0.4, -0.2) is 18.6 Å². The standard InChI is InChI=1S/C9H20N2/c1-2-3-7-11-9-6-4-5-8(9)10/h8-9,11H,2-7,10H2,1H3/t8-,9-/m1/s1. The minimum Gasteiger partial charge on any atom is -0.326 e. The SMILES string of the molecule is CCCCN[C@@H]1CCC[C@H]1N. The van der Waals surface area contributed by atoms with Gasteiger partial charge in [-0.25, -0.2) is 0 Å². The lowest BCUT2D eigenvalue weighted by molar-refractivity contribution is 0.469. The highest BCUT2D eigenvalue weighted by molar-refractivity contribution is 4.85. The first kappa shape index (κ1) is 9.01. The van der Waals surface area contributed by atoms with Crippen LogP contribution in [0, 0.1) is 0 Å². The van der Waals surface area contributed by atoms with Gasteiger partial charge in [-0.15, -0.1) is 0 Å². The van der Waals surface area contributed by atoms with E-state index >= 15 is 0 Å². The number of unbranched alkanes of at least 4 members (excludes halogenated alkanes) is 1. The molecule has 0 aromatic carbocycles. The molecule has 66 valence electrons. The summed E-state index contributed by atoms with van der Waals surface area (Å²) < 4.78 is 0. The second-order valence-electron chi connectivity index (χ2n) is 3.51. The Bertz CT molecular complexity index is 104. The molecule has 2 nitrogen and oxygen atoms in total. The van der Waals surface area contributed by atoms with Crippen LogP contribution < -0.4 is 11.1 Å². The van der Waals surface area contributed by atoms with Crippen molar-refractivity contribution in [3.63, 3.8) is 0 Å². The first-order chi connectivity index (χ1) is 5.34. The van der Waals surface area contributed by atoms with Gasteiger partial charge in [-0.2, -0.15) is 0 Å². The van der Waals surface area contributed by atoms with Gasteiger partial charge in [-0.05, 0) is 25.8 Å². The summed E-state index contributed by atoms with van der Waals surface area (Å²) >= 11 is 0. The molecule has 0 saturated heterocycles. The highest BCUT2D eigenvalue weighted by atomic mass is 15.0. The molecule has 1 aliphatic carbocycles. The number of hydrogen-bond acceptors (Lipinski definition) is 2. The molecular formula is C9H20N2. The molecule has 0 spiro atoms. The zero-order valence-corrected chi connectivity index (χ0v) is 7.47. The molecule has 11 heavy (non-hydrogen) atoms. The molecule has 0 bridgehead atoms. The Hall–Kier alpha value is -0.0800. The van der Waals surface area contributed by atoms with E-state index < -0.39 is 0 Å². The van der Waals surface area contributed by atoms with Crippen molar-refractivity contribution in [1.82, 2.24) is 5.32 Å². The summed E-state index contributed by atoms with van der Waals surface area (Å²) in [7, 11) is 0. The maximum absolute atomic E-state index is 5.90. The van der Waals surface area contributed by atoms with Crippen LogP contribution in [0.3, 0.4) is 0 Å². The van der Waals surface area contributed by atoms with Gasteiger partial charge in [0.25, 0.3) is 0 Å². The molecule has 0 amide bonds. The van der Waals surface area contributed by atoms with Gasteiger partial charge in [0.1, 0.15) is 0 Å². The quantitative estimate of drug-likeness (QED) is 0.601. The van der Waals surface area contributed by atoms with E-state index in [0.717, 1.165) is 6.54 Å². The van der Waals surface area contributed by atoms with E-state index in [2.05, 4.69) is 12.2 Å². The fourth-order valence-corrected chi connectivity index (χ4v) is 1.71. The van der Waals surface area contributed by atoms with Crippen LogP contribution >= 0.6 is 0 Å². The highest BCUT2D eigenvalue weighted by Gasteiger charge is 2.22. The first-order valence-corrected chi connectivity index (χ1v) is 4.83. The molecular weight excluding hydrogens is 136 g/mol. The Morgan fingerprint density at radius 1 is 1.45 bits per heavy atom. The summed E-state index contributed by atoms with van der Waals surface area (Å²) in [6.45, 7) is 3.37. The predicted molar refractivity (Wildman–Crippen MR) is 48.5 cm³/mol. The molecule has 0 heterocycles. The van der Waals surface area contributed by atoms with Crippen molar-refractivity contribution in [2.45, 2.75) is 51.1 Å². The van der Waals surface area contributed by atoms with Gasteiger partial charge in [-0.3, -0.25) is 0 Å². The third kappa shape index (κ3) is 2.80. The van der Waals surface area contributed by atoms with Gasteiger partial charge in [0, 0.05) is 12.1 Å². The van der Waals surface area contributed by atoms with Crippen molar-refractivity contribution in [2.24, 2.45) is 5.73 Å². The summed E-state index contributed by atoms with van der Waals surface area (Å²) in [5, 5.41) is 3.51. The average molecular weight is 156 g/mol. The minimum atomic E-state index is 0.423. The normalized spacial score (nSPS) is 31.1. The Labute approximate surface area is 69.5 Å². The van der Waals surface area contributed by atoms with Crippen molar-refractivity contribution in [2.75, 3.05) is 6.54 Å². The summed E-state index contributed by atoms with van der Waals surface area (Å²) in [6, 6.07) is 1.04. The summed E-state index contributed by atoms with van der Waals surface area (Å²) in [6.07, 6.45) is 6.36.